The van der Waals surface area contributed by atoms with Gasteiger partial charge in [0.05, 0.1) is 22.9 Å². The largest absolute Gasteiger partial charge is 0.494 e. The van der Waals surface area contributed by atoms with Gasteiger partial charge < -0.3 is 10.1 Å². The second-order valence-corrected chi connectivity index (χ2v) is 5.73. The second kappa shape index (κ2) is 8.60. The number of halogens is 4. The summed E-state index contributed by atoms with van der Waals surface area (Å²) in [5.41, 5.74) is -0.923. The van der Waals surface area contributed by atoms with Gasteiger partial charge in [-0.1, -0.05) is 23.7 Å². The Morgan fingerprint density at radius 1 is 1.26 bits per heavy atom. The number of carbonyl (C=O) groups is 1. The maximum absolute atomic E-state index is 12.8. The predicted octanol–water partition coefficient (Wildman–Crippen LogP) is 5.30. The standard InChI is InChI=1S/C19H14ClF3N2O2/c1-2-27-15-6-3-12(4-7-15)9-13(11-24)18(26)25-17-10-14(19(21,22)23)5-8-16(17)20/h3-10H,2H2,1H3,(H,25,26)/b13-9-. The Labute approximate surface area is 158 Å². The summed E-state index contributed by atoms with van der Waals surface area (Å²) >= 11 is 5.85. The molecular weight excluding hydrogens is 381 g/mol. The number of carbonyl (C=O) groups excluding carboxylic acids is 1. The summed E-state index contributed by atoms with van der Waals surface area (Å²) in [6.07, 6.45) is -3.27. The zero-order valence-electron chi connectivity index (χ0n) is 14.1. The van der Waals surface area contributed by atoms with E-state index in [9.17, 15) is 23.2 Å². The molecule has 1 amide bonds. The molecule has 0 aliphatic rings. The van der Waals surface area contributed by atoms with Gasteiger partial charge in [0, 0.05) is 0 Å². The molecule has 0 aliphatic carbocycles. The Morgan fingerprint density at radius 2 is 1.93 bits per heavy atom. The molecule has 0 saturated heterocycles. The quantitative estimate of drug-likeness (QED) is 0.552. The number of hydrogen-bond donors (Lipinski definition) is 1. The van der Waals surface area contributed by atoms with Crippen molar-refractivity contribution in [1.82, 2.24) is 0 Å². The molecule has 2 aromatic rings. The molecule has 0 aliphatic heterocycles. The molecule has 140 valence electrons. The van der Waals surface area contributed by atoms with Crippen LogP contribution in [0.5, 0.6) is 5.75 Å². The van der Waals surface area contributed by atoms with E-state index < -0.39 is 17.6 Å². The summed E-state index contributed by atoms with van der Waals surface area (Å²) in [6.45, 7) is 2.34. The summed E-state index contributed by atoms with van der Waals surface area (Å²) < 4.78 is 43.7. The van der Waals surface area contributed by atoms with Crippen LogP contribution in [0.3, 0.4) is 0 Å². The van der Waals surface area contributed by atoms with E-state index in [-0.39, 0.29) is 16.3 Å². The lowest BCUT2D eigenvalue weighted by Gasteiger charge is -2.11. The van der Waals surface area contributed by atoms with Crippen LogP contribution in [0.4, 0.5) is 18.9 Å². The summed E-state index contributed by atoms with van der Waals surface area (Å²) in [4.78, 5) is 12.3. The SMILES string of the molecule is CCOc1ccc(/C=C(/C#N)C(=O)Nc2cc(C(F)(F)F)ccc2Cl)cc1. The maximum atomic E-state index is 12.8. The van der Waals surface area contributed by atoms with E-state index >= 15 is 0 Å². The zero-order chi connectivity index (χ0) is 20.0. The number of nitrogens with one attached hydrogen (secondary N) is 1. The van der Waals surface area contributed by atoms with E-state index in [1.807, 2.05) is 6.92 Å². The molecule has 4 nitrogen and oxygen atoms in total. The predicted molar refractivity (Wildman–Crippen MR) is 96.3 cm³/mol. The number of nitriles is 1. The lowest BCUT2D eigenvalue weighted by Crippen LogP contribution is -2.15. The monoisotopic (exact) mass is 394 g/mol. The number of nitrogens with zero attached hydrogens (tertiary/aromatic N) is 1. The van der Waals surface area contributed by atoms with E-state index in [2.05, 4.69) is 5.32 Å². The molecule has 1 N–H and O–H groups in total. The smallest absolute Gasteiger partial charge is 0.416 e. The van der Waals surface area contributed by atoms with Crippen LogP contribution >= 0.6 is 11.6 Å². The minimum absolute atomic E-state index is 0.0743. The Bertz CT molecular complexity index is 901. The average molecular weight is 395 g/mol. The van der Waals surface area contributed by atoms with Crippen molar-refractivity contribution in [2.24, 2.45) is 0 Å². The molecule has 0 spiro atoms. The number of rotatable bonds is 5. The fraction of sp³-hybridized carbons (Fsp3) is 0.158. The topological polar surface area (TPSA) is 62.1 Å². The van der Waals surface area contributed by atoms with Crippen LogP contribution in [-0.2, 0) is 11.0 Å². The third kappa shape index (κ3) is 5.50. The van der Waals surface area contributed by atoms with Crippen molar-refractivity contribution in [2.45, 2.75) is 13.1 Å². The minimum Gasteiger partial charge on any atom is -0.494 e. The van der Waals surface area contributed by atoms with Crippen molar-refractivity contribution in [3.05, 3.63) is 64.2 Å². The lowest BCUT2D eigenvalue weighted by atomic mass is 10.1. The fourth-order valence-electron chi connectivity index (χ4n) is 2.13. The van der Waals surface area contributed by atoms with Crippen LogP contribution in [0.1, 0.15) is 18.1 Å². The number of hydrogen-bond acceptors (Lipinski definition) is 3. The van der Waals surface area contributed by atoms with Crippen molar-refractivity contribution in [1.29, 1.82) is 5.26 Å². The van der Waals surface area contributed by atoms with Crippen LogP contribution < -0.4 is 10.1 Å². The van der Waals surface area contributed by atoms with Crippen LogP contribution in [0.15, 0.2) is 48.0 Å². The fourth-order valence-corrected chi connectivity index (χ4v) is 2.29. The van der Waals surface area contributed by atoms with Crippen LogP contribution in [0.25, 0.3) is 6.08 Å². The van der Waals surface area contributed by atoms with E-state index in [0.717, 1.165) is 12.1 Å². The highest BCUT2D eigenvalue weighted by Gasteiger charge is 2.31. The van der Waals surface area contributed by atoms with Crippen molar-refractivity contribution in [3.8, 4) is 11.8 Å². The van der Waals surface area contributed by atoms with Gasteiger partial charge >= 0.3 is 6.18 Å². The molecule has 0 atom stereocenters. The highest BCUT2D eigenvalue weighted by Crippen LogP contribution is 2.34. The van der Waals surface area contributed by atoms with E-state index in [4.69, 9.17) is 16.3 Å². The minimum atomic E-state index is -4.58. The summed E-state index contributed by atoms with van der Waals surface area (Å²) in [7, 11) is 0. The molecule has 8 heteroatoms. The highest BCUT2D eigenvalue weighted by atomic mass is 35.5. The third-order valence-electron chi connectivity index (χ3n) is 3.41. The van der Waals surface area contributed by atoms with Gasteiger partial charge in [-0.15, -0.1) is 0 Å². The second-order valence-electron chi connectivity index (χ2n) is 5.32. The van der Waals surface area contributed by atoms with E-state index in [1.54, 1.807) is 30.3 Å². The molecule has 0 aromatic heterocycles. The van der Waals surface area contributed by atoms with Gasteiger partial charge in [0.1, 0.15) is 17.4 Å². The summed E-state index contributed by atoms with van der Waals surface area (Å²) in [5.74, 6) is -0.235. The number of ether oxygens (including phenoxy) is 1. The molecule has 0 unspecified atom stereocenters. The van der Waals surface area contributed by atoms with Crippen molar-refractivity contribution in [2.75, 3.05) is 11.9 Å². The average Bonchev–Trinajstić information content (AvgIpc) is 2.62. The molecule has 2 rings (SSSR count). The highest BCUT2D eigenvalue weighted by molar-refractivity contribution is 6.34. The number of alkyl halides is 3. The Hall–Kier alpha value is -2.98. The first-order valence-electron chi connectivity index (χ1n) is 7.77. The van der Waals surface area contributed by atoms with Crippen molar-refractivity contribution in [3.63, 3.8) is 0 Å². The maximum Gasteiger partial charge on any atom is 0.416 e. The molecule has 0 radical (unpaired) electrons. The van der Waals surface area contributed by atoms with Gasteiger partial charge in [-0.2, -0.15) is 18.4 Å². The lowest BCUT2D eigenvalue weighted by molar-refractivity contribution is -0.137. The van der Waals surface area contributed by atoms with Gasteiger partial charge in [0.2, 0.25) is 0 Å². The molecule has 0 fully saturated rings. The summed E-state index contributed by atoms with van der Waals surface area (Å²) in [5, 5.41) is 11.4. The molecule has 27 heavy (non-hydrogen) atoms. The zero-order valence-corrected chi connectivity index (χ0v) is 14.9. The molecular formula is C19H14ClF3N2O2. The first-order chi connectivity index (χ1) is 12.7. The first kappa shape index (κ1) is 20.3. The molecule has 0 heterocycles. The molecule has 2 aromatic carbocycles. The van der Waals surface area contributed by atoms with Gasteiger partial charge in [-0.3, -0.25) is 4.79 Å². The van der Waals surface area contributed by atoms with Crippen molar-refractivity contribution >= 4 is 29.3 Å². The number of benzene rings is 2. The molecule has 0 saturated carbocycles. The van der Waals surface area contributed by atoms with Crippen LogP contribution in [0.2, 0.25) is 5.02 Å². The van der Waals surface area contributed by atoms with Gasteiger partial charge in [-0.05, 0) is 48.9 Å². The van der Waals surface area contributed by atoms with E-state index in [0.29, 0.717) is 24.0 Å². The first-order valence-corrected chi connectivity index (χ1v) is 8.15. The normalized spacial score (nSPS) is 11.6. The molecule has 0 bridgehead atoms. The van der Waals surface area contributed by atoms with Gasteiger partial charge in [0.25, 0.3) is 5.91 Å². The van der Waals surface area contributed by atoms with Gasteiger partial charge in [0.15, 0.2) is 0 Å². The third-order valence-corrected chi connectivity index (χ3v) is 3.74. The summed E-state index contributed by atoms with van der Waals surface area (Å²) in [6, 6.07) is 10.9. The van der Waals surface area contributed by atoms with E-state index in [1.165, 1.54) is 6.08 Å². The van der Waals surface area contributed by atoms with Gasteiger partial charge in [-0.25, -0.2) is 0 Å². The van der Waals surface area contributed by atoms with Crippen LogP contribution in [-0.4, -0.2) is 12.5 Å². The van der Waals surface area contributed by atoms with Crippen molar-refractivity contribution < 1.29 is 22.7 Å². The Balaban J connectivity index is 2.24. The number of anilines is 1. The van der Waals surface area contributed by atoms with Crippen LogP contribution in [0, 0.1) is 11.3 Å². The Kier molecular flexibility index (Phi) is 6.48. The Morgan fingerprint density at radius 3 is 2.48 bits per heavy atom. The number of amides is 1.